The number of aryl methyl sites for hydroxylation is 1. The van der Waals surface area contributed by atoms with Gasteiger partial charge >= 0.3 is 0 Å². The Morgan fingerprint density at radius 3 is 2.31 bits per heavy atom. The molecule has 1 atom stereocenters. The molecule has 180 valence electrons. The zero-order chi connectivity index (χ0) is 24.7. The predicted molar refractivity (Wildman–Crippen MR) is 134 cm³/mol. The van der Waals surface area contributed by atoms with Gasteiger partial charge < -0.3 is 14.2 Å². The van der Waals surface area contributed by atoms with E-state index in [1.165, 1.54) is 0 Å². The van der Waals surface area contributed by atoms with E-state index in [1.54, 1.807) is 25.8 Å². The van der Waals surface area contributed by atoms with E-state index in [9.17, 15) is 4.79 Å². The highest BCUT2D eigenvalue weighted by atomic mass is 35.5. The summed E-state index contributed by atoms with van der Waals surface area (Å²) in [6.45, 7) is 2.06. The van der Waals surface area contributed by atoms with Crippen LogP contribution >= 0.6 is 11.6 Å². The Hall–Kier alpha value is -3.58. The quantitative estimate of drug-likeness (QED) is 0.352. The second kappa shape index (κ2) is 9.23. The first-order chi connectivity index (χ1) is 17.0. The number of rotatable bonds is 6. The third-order valence-electron chi connectivity index (χ3n) is 6.56. The molecule has 5 rings (SSSR count). The summed E-state index contributed by atoms with van der Waals surface area (Å²) in [5.41, 5.74) is 5.96. The summed E-state index contributed by atoms with van der Waals surface area (Å²) >= 11 is 6.11. The van der Waals surface area contributed by atoms with Gasteiger partial charge in [-0.3, -0.25) is 4.79 Å². The molecule has 0 amide bonds. The van der Waals surface area contributed by atoms with Gasteiger partial charge in [-0.15, -0.1) is 0 Å². The van der Waals surface area contributed by atoms with Gasteiger partial charge in [0, 0.05) is 23.2 Å². The number of benzene rings is 2. The molecule has 1 unspecified atom stereocenters. The van der Waals surface area contributed by atoms with Crippen molar-refractivity contribution in [2.75, 3.05) is 21.3 Å². The minimum absolute atomic E-state index is 0.0426. The largest absolute Gasteiger partial charge is 0.493 e. The number of carbonyl (C=O) groups is 1. The number of aromatic nitrogens is 3. The number of hydrogen-bond donors (Lipinski definition) is 0. The van der Waals surface area contributed by atoms with E-state index in [4.69, 9.17) is 35.9 Å². The van der Waals surface area contributed by atoms with Gasteiger partial charge in [-0.1, -0.05) is 30.7 Å². The highest BCUT2D eigenvalue weighted by Gasteiger charge is 2.30. The molecule has 2 aromatic carbocycles. The number of carbonyl (C=O) groups excluding carboxylic acids is 1. The third kappa shape index (κ3) is 4.00. The maximum absolute atomic E-state index is 13.2. The summed E-state index contributed by atoms with van der Waals surface area (Å²) in [7, 11) is 4.75. The van der Waals surface area contributed by atoms with E-state index in [0.29, 0.717) is 40.7 Å². The van der Waals surface area contributed by atoms with Crippen LogP contribution in [-0.2, 0) is 12.8 Å². The third-order valence-corrected chi connectivity index (χ3v) is 6.81. The van der Waals surface area contributed by atoms with Crippen molar-refractivity contribution in [2.24, 2.45) is 0 Å². The molecule has 2 heterocycles. The van der Waals surface area contributed by atoms with Crippen LogP contribution in [0.15, 0.2) is 42.6 Å². The summed E-state index contributed by atoms with van der Waals surface area (Å²) in [5.74, 6) is 1.64. The van der Waals surface area contributed by atoms with Gasteiger partial charge in [0.05, 0.1) is 38.3 Å². The van der Waals surface area contributed by atoms with Gasteiger partial charge in [0.1, 0.15) is 0 Å². The Morgan fingerprint density at radius 2 is 1.71 bits per heavy atom. The summed E-state index contributed by atoms with van der Waals surface area (Å²) in [6.07, 6.45) is 3.55. The van der Waals surface area contributed by atoms with Crippen LogP contribution in [0.4, 0.5) is 0 Å². The van der Waals surface area contributed by atoms with E-state index in [1.807, 2.05) is 42.6 Å². The first kappa shape index (κ1) is 23.2. The molecule has 1 aliphatic rings. The van der Waals surface area contributed by atoms with Crippen LogP contribution in [0.2, 0.25) is 5.02 Å². The first-order valence-corrected chi connectivity index (χ1v) is 11.8. The molecule has 0 bridgehead atoms. The van der Waals surface area contributed by atoms with Crippen molar-refractivity contribution >= 4 is 23.0 Å². The fourth-order valence-corrected chi connectivity index (χ4v) is 4.94. The van der Waals surface area contributed by atoms with Crippen molar-refractivity contribution in [2.45, 2.75) is 32.1 Å². The minimum Gasteiger partial charge on any atom is -0.493 e. The fraction of sp³-hybridized carbons (Fsp3) is 0.296. The number of Topliss-reactive ketones (excluding diaryl/α,β-unsaturated/α-hetero) is 1. The van der Waals surface area contributed by atoms with Gasteiger partial charge in [0.2, 0.25) is 5.75 Å². The van der Waals surface area contributed by atoms with Crippen LogP contribution in [0.25, 0.3) is 16.8 Å². The van der Waals surface area contributed by atoms with Gasteiger partial charge in [-0.2, -0.15) is 5.10 Å². The van der Waals surface area contributed by atoms with Crippen LogP contribution in [0.1, 0.15) is 46.6 Å². The first-order valence-electron chi connectivity index (χ1n) is 11.5. The van der Waals surface area contributed by atoms with Crippen molar-refractivity contribution in [1.29, 1.82) is 0 Å². The molecule has 1 aliphatic carbocycles. The Bertz CT molecular complexity index is 1400. The molecule has 0 spiro atoms. The lowest BCUT2D eigenvalue weighted by atomic mass is 9.82. The predicted octanol–water partition coefficient (Wildman–Crippen LogP) is 5.55. The zero-order valence-electron chi connectivity index (χ0n) is 20.1. The van der Waals surface area contributed by atoms with Crippen LogP contribution in [0.5, 0.6) is 17.2 Å². The fourth-order valence-electron chi connectivity index (χ4n) is 4.81. The molecule has 4 aromatic rings. The highest BCUT2D eigenvalue weighted by Crippen LogP contribution is 2.43. The van der Waals surface area contributed by atoms with E-state index in [2.05, 4.69) is 6.92 Å². The number of methoxy groups -OCH3 is 3. The maximum atomic E-state index is 13.2. The van der Waals surface area contributed by atoms with Crippen LogP contribution in [0.3, 0.4) is 0 Å². The molecule has 0 N–H and O–H groups in total. The van der Waals surface area contributed by atoms with Crippen molar-refractivity contribution in [3.63, 3.8) is 0 Å². The summed E-state index contributed by atoms with van der Waals surface area (Å²) < 4.78 is 18.2. The van der Waals surface area contributed by atoms with E-state index < -0.39 is 0 Å². The standard InChI is InChI=1S/C27H26ClN3O4/c1-5-20-25(15-6-8-18(28)9-7-15)27-29-21-10-16(11-22(32)19(21)14-31(27)30-20)17-12-23(33-2)26(35-4)24(13-17)34-3/h6-9,12-14,16H,5,10-11H2,1-4H3. The van der Waals surface area contributed by atoms with Crippen LogP contribution in [-0.4, -0.2) is 41.7 Å². The number of ether oxygens (including phenoxy) is 3. The summed E-state index contributed by atoms with van der Waals surface area (Å²) in [5, 5.41) is 5.41. The Labute approximate surface area is 208 Å². The smallest absolute Gasteiger partial charge is 0.203 e. The second-order valence-corrected chi connectivity index (χ2v) is 8.98. The Kier molecular flexibility index (Phi) is 6.11. The minimum atomic E-state index is -0.0637. The lowest BCUT2D eigenvalue weighted by molar-refractivity contribution is 0.0962. The average molecular weight is 492 g/mol. The molecule has 0 saturated heterocycles. The van der Waals surface area contributed by atoms with Crippen molar-refractivity contribution < 1.29 is 19.0 Å². The SMILES string of the molecule is CCc1nn2cc3c(nc2c1-c1ccc(Cl)cc1)CC(c1cc(OC)c(OC)c(OC)c1)CC3=O. The number of halogens is 1. The molecule has 35 heavy (non-hydrogen) atoms. The average Bonchev–Trinajstić information content (AvgIpc) is 3.24. The molecule has 7 nitrogen and oxygen atoms in total. The van der Waals surface area contributed by atoms with Gasteiger partial charge in [-0.25, -0.2) is 9.50 Å². The van der Waals surface area contributed by atoms with Gasteiger partial charge in [-0.05, 0) is 54.2 Å². The molecule has 0 fully saturated rings. The molecule has 0 saturated carbocycles. The van der Waals surface area contributed by atoms with E-state index in [-0.39, 0.29) is 11.7 Å². The zero-order valence-corrected chi connectivity index (χ0v) is 20.8. The molecule has 2 aromatic heterocycles. The maximum Gasteiger partial charge on any atom is 0.203 e. The van der Waals surface area contributed by atoms with Crippen LogP contribution in [0, 0.1) is 0 Å². The Balaban J connectivity index is 1.61. The monoisotopic (exact) mass is 491 g/mol. The topological polar surface area (TPSA) is 75.0 Å². The molecule has 0 aliphatic heterocycles. The van der Waals surface area contributed by atoms with Crippen molar-refractivity contribution in [3.8, 4) is 28.4 Å². The Morgan fingerprint density at radius 1 is 1.03 bits per heavy atom. The number of hydrogen-bond acceptors (Lipinski definition) is 6. The van der Waals surface area contributed by atoms with Crippen LogP contribution < -0.4 is 14.2 Å². The van der Waals surface area contributed by atoms with E-state index >= 15 is 0 Å². The molecular weight excluding hydrogens is 466 g/mol. The van der Waals surface area contributed by atoms with Gasteiger partial charge in [0.15, 0.2) is 22.9 Å². The summed E-state index contributed by atoms with van der Waals surface area (Å²) in [6, 6.07) is 11.5. The van der Waals surface area contributed by atoms with Gasteiger partial charge in [0.25, 0.3) is 0 Å². The highest BCUT2D eigenvalue weighted by molar-refractivity contribution is 6.30. The number of nitrogens with zero attached hydrogens (tertiary/aromatic N) is 3. The van der Waals surface area contributed by atoms with Crippen molar-refractivity contribution in [1.82, 2.24) is 14.6 Å². The normalized spacial score (nSPS) is 15.2. The molecular formula is C27H26ClN3O4. The second-order valence-electron chi connectivity index (χ2n) is 8.54. The molecule has 8 heteroatoms. The number of ketones is 1. The van der Waals surface area contributed by atoms with E-state index in [0.717, 1.165) is 40.1 Å². The lowest BCUT2D eigenvalue weighted by Gasteiger charge is -2.24. The summed E-state index contributed by atoms with van der Waals surface area (Å²) in [4.78, 5) is 18.2. The lowest BCUT2D eigenvalue weighted by Crippen LogP contribution is -2.21. The van der Waals surface area contributed by atoms with Crippen molar-refractivity contribution in [3.05, 3.63) is 70.1 Å². The molecule has 0 radical (unpaired) electrons. The number of fused-ring (bicyclic) bond motifs is 2.